The molecule has 0 aromatic carbocycles. The lowest BCUT2D eigenvalue weighted by Crippen LogP contribution is -2.64. The van der Waals surface area contributed by atoms with Crippen molar-refractivity contribution in [3.05, 3.63) is 42.3 Å². The van der Waals surface area contributed by atoms with E-state index < -0.39 is 59.4 Å². The maximum absolute atomic E-state index is 13.5. The maximum atomic E-state index is 13.5. The third-order valence-electron chi connectivity index (χ3n) is 6.38. The Balaban J connectivity index is 1.85. The van der Waals surface area contributed by atoms with E-state index in [1.54, 1.807) is 0 Å². The summed E-state index contributed by atoms with van der Waals surface area (Å²) in [6.45, 7) is 3.67. The monoisotopic (exact) mass is 528 g/mol. The average Bonchev–Trinajstić information content (AvgIpc) is 3.41. The minimum atomic E-state index is -1.39. The number of hydrazine groups is 1. The zero-order valence-corrected chi connectivity index (χ0v) is 20.4. The first-order chi connectivity index (χ1) is 18.2. The van der Waals surface area contributed by atoms with Crippen molar-refractivity contribution in [2.75, 3.05) is 6.54 Å². The first-order valence-corrected chi connectivity index (χ1v) is 12.0. The molecular weight excluding hydrogens is 500 g/mol. The lowest BCUT2D eigenvalue weighted by molar-refractivity contribution is -0.176. The van der Waals surface area contributed by atoms with Gasteiger partial charge in [0.05, 0.1) is 18.2 Å². The van der Waals surface area contributed by atoms with E-state index >= 15 is 0 Å². The van der Waals surface area contributed by atoms with E-state index in [2.05, 4.69) is 22.0 Å². The van der Waals surface area contributed by atoms with Crippen LogP contribution in [0.2, 0.25) is 0 Å². The number of carboxylic acids is 1. The largest absolute Gasteiger partial charge is 0.481 e. The average molecular weight is 529 g/mol. The molecule has 0 bridgehead atoms. The summed E-state index contributed by atoms with van der Waals surface area (Å²) in [5.41, 5.74) is 8.80. The normalized spacial score (nSPS) is 20.7. The second kappa shape index (κ2) is 12.6. The van der Waals surface area contributed by atoms with Gasteiger partial charge in [-0.15, -0.1) is 6.58 Å². The van der Waals surface area contributed by atoms with Crippen LogP contribution in [0, 0.1) is 5.92 Å². The van der Waals surface area contributed by atoms with Crippen molar-refractivity contribution >= 4 is 41.6 Å². The zero-order valence-electron chi connectivity index (χ0n) is 20.4. The van der Waals surface area contributed by atoms with Crippen LogP contribution in [0.15, 0.2) is 35.5 Å². The highest BCUT2D eigenvalue weighted by Gasteiger charge is 2.45. The number of nitrogens with one attached hydrogen (secondary N) is 2. The molecule has 3 rings (SSSR count). The van der Waals surface area contributed by atoms with Crippen molar-refractivity contribution < 1.29 is 43.1 Å². The van der Waals surface area contributed by atoms with Crippen LogP contribution in [0.25, 0.3) is 5.53 Å². The lowest BCUT2D eigenvalue weighted by Gasteiger charge is -2.43. The van der Waals surface area contributed by atoms with Crippen LogP contribution in [-0.4, -0.2) is 86.2 Å². The second-order valence-corrected chi connectivity index (χ2v) is 8.90. The molecule has 38 heavy (non-hydrogen) atoms. The van der Waals surface area contributed by atoms with Crippen molar-refractivity contribution in [2.24, 2.45) is 5.92 Å². The summed E-state index contributed by atoms with van der Waals surface area (Å²) < 4.78 is 5.06. The predicted molar refractivity (Wildman–Crippen MR) is 128 cm³/mol. The Morgan fingerprint density at radius 2 is 2.05 bits per heavy atom. The molecular formula is C24H28N6O8. The smallest absolute Gasteiger partial charge is 0.325 e. The van der Waals surface area contributed by atoms with E-state index in [0.29, 0.717) is 12.6 Å². The number of nitrogens with zero attached hydrogens (tertiary/aromatic N) is 4. The number of furan rings is 1. The summed E-state index contributed by atoms with van der Waals surface area (Å²) in [5, 5.41) is 16.6. The highest BCUT2D eigenvalue weighted by molar-refractivity contribution is 6.28. The van der Waals surface area contributed by atoms with Crippen molar-refractivity contribution in [3.63, 3.8) is 0 Å². The van der Waals surface area contributed by atoms with E-state index in [9.17, 15) is 33.9 Å². The fourth-order valence-corrected chi connectivity index (χ4v) is 4.49. The standard InChI is InChI=1S/C24H28N6O8/c1-2-5-14(24(36)37)12-16(18(31)13-26-25)28-21(33)17-6-3-10-29-20(32)9-8-15(23(35)30(17)29)27-22(34)19-7-4-11-38-19/h2,4,7,11,13-17H,1,3,5-6,8-10,12H2,(H,27,34)(H,28,33)(H,36,37)/t14?,15-,16-,17-/m0/s1. The Hall–Kier alpha value is -4.58. The van der Waals surface area contributed by atoms with Gasteiger partial charge in [-0.3, -0.25) is 33.8 Å². The summed E-state index contributed by atoms with van der Waals surface area (Å²) in [5.74, 6) is -5.75. The van der Waals surface area contributed by atoms with Crippen LogP contribution in [0.3, 0.4) is 0 Å². The predicted octanol–water partition coefficient (Wildman–Crippen LogP) is -0.0721. The molecule has 1 aromatic rings. The van der Waals surface area contributed by atoms with E-state index in [0.717, 1.165) is 5.01 Å². The van der Waals surface area contributed by atoms with Crippen LogP contribution < -0.4 is 10.6 Å². The fraction of sp³-hybridized carbons (Fsp3) is 0.458. The number of ketones is 1. The number of hydrogen-bond acceptors (Lipinski definition) is 7. The van der Waals surface area contributed by atoms with Gasteiger partial charge < -0.3 is 25.7 Å². The van der Waals surface area contributed by atoms with Gasteiger partial charge in [-0.1, -0.05) is 6.08 Å². The first-order valence-electron chi connectivity index (χ1n) is 12.0. The number of amides is 4. The van der Waals surface area contributed by atoms with Gasteiger partial charge in [0.1, 0.15) is 12.1 Å². The van der Waals surface area contributed by atoms with Gasteiger partial charge in [-0.2, -0.15) is 4.79 Å². The van der Waals surface area contributed by atoms with Gasteiger partial charge in [0, 0.05) is 13.0 Å². The first kappa shape index (κ1) is 28.0. The number of allylic oxidation sites excluding steroid dienone is 1. The molecule has 2 fully saturated rings. The quantitative estimate of drug-likeness (QED) is 0.153. The van der Waals surface area contributed by atoms with Crippen LogP contribution in [-0.2, 0) is 24.0 Å². The molecule has 0 spiro atoms. The molecule has 4 amide bonds. The van der Waals surface area contributed by atoms with Crippen molar-refractivity contribution in [1.82, 2.24) is 20.7 Å². The number of carbonyl (C=O) groups excluding carboxylic acids is 5. The summed E-state index contributed by atoms with van der Waals surface area (Å²) in [6.07, 6.45) is 3.35. The Bertz CT molecular complexity index is 1160. The maximum Gasteiger partial charge on any atom is 0.325 e. The number of hydrogen-bond donors (Lipinski definition) is 3. The van der Waals surface area contributed by atoms with Gasteiger partial charge in [-0.25, -0.2) is 5.01 Å². The van der Waals surface area contributed by atoms with E-state index in [-0.39, 0.29) is 44.4 Å². The summed E-state index contributed by atoms with van der Waals surface area (Å²) >= 11 is 0. The molecule has 2 aliphatic heterocycles. The molecule has 1 unspecified atom stereocenters. The highest BCUT2D eigenvalue weighted by atomic mass is 16.4. The van der Waals surface area contributed by atoms with E-state index in [1.165, 1.54) is 29.5 Å². The molecule has 2 saturated heterocycles. The third kappa shape index (κ3) is 6.40. The summed E-state index contributed by atoms with van der Waals surface area (Å²) in [7, 11) is 0. The summed E-state index contributed by atoms with van der Waals surface area (Å²) in [4.78, 5) is 79.0. The van der Waals surface area contributed by atoms with Crippen LogP contribution >= 0.6 is 0 Å². The lowest BCUT2D eigenvalue weighted by atomic mass is 9.94. The molecule has 3 heterocycles. The zero-order chi connectivity index (χ0) is 27.8. The number of Topliss-reactive ketones (excluding diaryl/α,β-unsaturated/α-hetero) is 1. The van der Waals surface area contributed by atoms with Gasteiger partial charge in [0.2, 0.25) is 11.8 Å². The molecule has 1 aromatic heterocycles. The molecule has 4 atom stereocenters. The molecule has 14 nitrogen and oxygen atoms in total. The Morgan fingerprint density at radius 1 is 1.29 bits per heavy atom. The minimum Gasteiger partial charge on any atom is -0.481 e. The molecule has 0 radical (unpaired) electrons. The molecule has 0 saturated carbocycles. The number of aliphatic carboxylic acids is 1. The van der Waals surface area contributed by atoms with E-state index in [1.807, 2.05) is 0 Å². The van der Waals surface area contributed by atoms with E-state index in [4.69, 9.17) is 9.95 Å². The Morgan fingerprint density at radius 3 is 2.68 bits per heavy atom. The third-order valence-corrected chi connectivity index (χ3v) is 6.38. The van der Waals surface area contributed by atoms with Gasteiger partial charge in [0.15, 0.2) is 5.76 Å². The van der Waals surface area contributed by atoms with Gasteiger partial charge >= 0.3 is 12.2 Å². The fourth-order valence-electron chi connectivity index (χ4n) is 4.49. The Kier molecular flexibility index (Phi) is 9.28. The number of carboxylic acid groups (broad SMARTS) is 1. The number of fused-ring (bicyclic) bond motifs is 1. The molecule has 3 N–H and O–H groups in total. The molecule has 202 valence electrons. The van der Waals surface area contributed by atoms with Crippen LogP contribution in [0.4, 0.5) is 0 Å². The molecule has 2 aliphatic rings. The highest BCUT2D eigenvalue weighted by Crippen LogP contribution is 2.25. The summed E-state index contributed by atoms with van der Waals surface area (Å²) in [6, 6.07) is -0.817. The Labute approximate surface area is 217 Å². The van der Waals surface area contributed by atoms with Crippen molar-refractivity contribution in [1.29, 1.82) is 0 Å². The van der Waals surface area contributed by atoms with Gasteiger partial charge in [0.25, 0.3) is 17.6 Å². The SMILES string of the molecule is C=CCC(C[C@H](NC(=O)[C@@H]1CCCN2C(=O)CC[C@H](NC(=O)c3ccco3)C(=O)N12)C(=O)C=[N+]=[N-])C(=O)O. The minimum absolute atomic E-state index is 0.00136. The van der Waals surface area contributed by atoms with Gasteiger partial charge in [-0.05, 0) is 44.2 Å². The number of rotatable bonds is 11. The number of carbonyl (C=O) groups is 6. The second-order valence-electron chi connectivity index (χ2n) is 8.90. The molecule has 14 heteroatoms. The van der Waals surface area contributed by atoms with Crippen molar-refractivity contribution in [2.45, 2.75) is 56.7 Å². The van der Waals surface area contributed by atoms with Crippen LogP contribution in [0.1, 0.15) is 49.1 Å². The van der Waals surface area contributed by atoms with Crippen molar-refractivity contribution in [3.8, 4) is 0 Å². The molecule has 0 aliphatic carbocycles. The van der Waals surface area contributed by atoms with Crippen LogP contribution in [0.5, 0.6) is 0 Å². The topological polar surface area (TPSA) is 203 Å².